The van der Waals surface area contributed by atoms with Gasteiger partial charge >= 0.3 is 0 Å². The zero-order chi connectivity index (χ0) is 13.3. The van der Waals surface area contributed by atoms with Gasteiger partial charge in [0, 0.05) is 18.1 Å². The van der Waals surface area contributed by atoms with Crippen LogP contribution in [0.5, 0.6) is 0 Å². The highest BCUT2D eigenvalue weighted by molar-refractivity contribution is 7.11. The topological polar surface area (TPSA) is 59.8 Å². The molecule has 0 bridgehead atoms. The molecule has 96 valence electrons. The van der Waals surface area contributed by atoms with Crippen LogP contribution in [-0.4, -0.2) is 20.7 Å². The zero-order valence-corrected chi connectivity index (χ0v) is 11.7. The Hall–Kier alpha value is -1.69. The summed E-state index contributed by atoms with van der Waals surface area (Å²) in [5.41, 5.74) is 1.56. The zero-order valence-electron chi connectivity index (χ0n) is 10.9. The molecule has 0 saturated carbocycles. The van der Waals surface area contributed by atoms with Crippen LogP contribution in [0.3, 0.4) is 0 Å². The van der Waals surface area contributed by atoms with Gasteiger partial charge < -0.3 is 5.32 Å². The number of hydrogen-bond acceptors (Lipinski definition) is 4. The number of aryl methyl sites for hydroxylation is 3. The summed E-state index contributed by atoms with van der Waals surface area (Å²) >= 11 is 1.62. The first kappa shape index (κ1) is 12.8. The number of rotatable bonds is 3. The van der Waals surface area contributed by atoms with Gasteiger partial charge in [-0.25, -0.2) is 4.98 Å². The van der Waals surface area contributed by atoms with Crippen LogP contribution in [0.1, 0.15) is 38.9 Å². The van der Waals surface area contributed by atoms with Crippen LogP contribution < -0.4 is 5.32 Å². The summed E-state index contributed by atoms with van der Waals surface area (Å²) in [7, 11) is 1.79. The largest absolute Gasteiger partial charge is 0.345 e. The molecule has 2 aromatic heterocycles. The molecule has 5 nitrogen and oxygen atoms in total. The Morgan fingerprint density at radius 2 is 2.22 bits per heavy atom. The van der Waals surface area contributed by atoms with Crippen molar-refractivity contribution in [2.45, 2.75) is 26.8 Å². The van der Waals surface area contributed by atoms with E-state index in [0.717, 1.165) is 15.6 Å². The number of carbonyl (C=O) groups is 1. The van der Waals surface area contributed by atoms with E-state index in [1.807, 2.05) is 20.8 Å². The van der Waals surface area contributed by atoms with Gasteiger partial charge in [0.25, 0.3) is 5.91 Å². The van der Waals surface area contributed by atoms with Gasteiger partial charge in [-0.05, 0) is 20.8 Å². The lowest BCUT2D eigenvalue weighted by molar-refractivity contribution is 0.0940. The first-order chi connectivity index (χ1) is 8.47. The van der Waals surface area contributed by atoms with E-state index in [2.05, 4.69) is 15.4 Å². The molecule has 0 saturated heterocycles. The molecule has 6 heteroatoms. The molecule has 2 heterocycles. The minimum Gasteiger partial charge on any atom is -0.345 e. The first-order valence-corrected chi connectivity index (χ1v) is 6.52. The van der Waals surface area contributed by atoms with E-state index in [0.29, 0.717) is 5.56 Å². The Bertz CT molecular complexity index is 572. The normalized spacial score (nSPS) is 12.4. The third-order valence-electron chi connectivity index (χ3n) is 2.65. The fourth-order valence-electron chi connectivity index (χ4n) is 1.83. The Morgan fingerprint density at radius 1 is 1.50 bits per heavy atom. The van der Waals surface area contributed by atoms with Crippen LogP contribution >= 0.6 is 11.3 Å². The van der Waals surface area contributed by atoms with Gasteiger partial charge in [0.05, 0.1) is 28.5 Å². The molecule has 0 aliphatic carbocycles. The van der Waals surface area contributed by atoms with E-state index in [9.17, 15) is 4.79 Å². The predicted octanol–water partition coefficient (Wildman–Crippen LogP) is 1.98. The maximum Gasteiger partial charge on any atom is 0.254 e. The third kappa shape index (κ3) is 2.59. The lowest BCUT2D eigenvalue weighted by atomic mass is 10.2. The highest BCUT2D eigenvalue weighted by Crippen LogP contribution is 2.24. The number of hydrogen-bond donors (Lipinski definition) is 1. The second-order valence-electron chi connectivity index (χ2n) is 4.28. The summed E-state index contributed by atoms with van der Waals surface area (Å²) in [6.07, 6.45) is 3.26. The summed E-state index contributed by atoms with van der Waals surface area (Å²) in [6.45, 7) is 5.90. The molecule has 18 heavy (non-hydrogen) atoms. The molecule has 0 spiro atoms. The van der Waals surface area contributed by atoms with Gasteiger partial charge in [-0.15, -0.1) is 11.3 Å². The van der Waals surface area contributed by atoms with Gasteiger partial charge in [-0.2, -0.15) is 5.10 Å². The molecule has 1 atom stereocenters. The highest BCUT2D eigenvalue weighted by Gasteiger charge is 2.16. The first-order valence-electron chi connectivity index (χ1n) is 5.71. The molecular weight excluding hydrogens is 248 g/mol. The number of nitrogens with one attached hydrogen (secondary N) is 1. The van der Waals surface area contributed by atoms with Crippen molar-refractivity contribution in [3.8, 4) is 0 Å². The average Bonchev–Trinajstić information content (AvgIpc) is 2.84. The van der Waals surface area contributed by atoms with E-state index in [1.165, 1.54) is 0 Å². The summed E-state index contributed by atoms with van der Waals surface area (Å²) in [5.74, 6) is -0.110. The fraction of sp³-hybridized carbons (Fsp3) is 0.417. The van der Waals surface area contributed by atoms with E-state index >= 15 is 0 Å². The summed E-state index contributed by atoms with van der Waals surface area (Å²) in [6, 6.07) is -0.0380. The number of nitrogens with zero attached hydrogens (tertiary/aromatic N) is 3. The second kappa shape index (κ2) is 4.89. The Kier molecular flexibility index (Phi) is 3.47. The molecule has 0 radical (unpaired) electrons. The van der Waals surface area contributed by atoms with Crippen molar-refractivity contribution in [3.05, 3.63) is 33.5 Å². The summed E-state index contributed by atoms with van der Waals surface area (Å²) < 4.78 is 1.61. The van der Waals surface area contributed by atoms with Crippen LogP contribution in [0.2, 0.25) is 0 Å². The Balaban J connectivity index is 2.10. The van der Waals surface area contributed by atoms with Gasteiger partial charge in [0.1, 0.15) is 0 Å². The number of thiazole rings is 1. The van der Waals surface area contributed by atoms with Crippen molar-refractivity contribution >= 4 is 17.2 Å². The van der Waals surface area contributed by atoms with Gasteiger partial charge in [0.2, 0.25) is 0 Å². The van der Waals surface area contributed by atoms with Crippen LogP contribution in [0.4, 0.5) is 0 Å². The maximum atomic E-state index is 12.0. The van der Waals surface area contributed by atoms with Crippen molar-refractivity contribution in [2.24, 2.45) is 7.05 Å². The third-order valence-corrected chi connectivity index (χ3v) is 3.90. The lowest BCUT2D eigenvalue weighted by Crippen LogP contribution is -2.26. The van der Waals surface area contributed by atoms with Gasteiger partial charge in [-0.1, -0.05) is 0 Å². The highest BCUT2D eigenvalue weighted by atomic mass is 32.1. The van der Waals surface area contributed by atoms with E-state index < -0.39 is 0 Å². The van der Waals surface area contributed by atoms with Crippen molar-refractivity contribution < 1.29 is 4.79 Å². The van der Waals surface area contributed by atoms with Crippen molar-refractivity contribution in [1.82, 2.24) is 20.1 Å². The molecule has 2 rings (SSSR count). The molecule has 0 fully saturated rings. The maximum absolute atomic E-state index is 12.0. The molecule has 1 N–H and O–H groups in total. The quantitative estimate of drug-likeness (QED) is 0.922. The van der Waals surface area contributed by atoms with Gasteiger partial charge in [0.15, 0.2) is 0 Å². The fourth-order valence-corrected chi connectivity index (χ4v) is 2.76. The summed E-state index contributed by atoms with van der Waals surface area (Å²) in [4.78, 5) is 17.4. The number of amides is 1. The van der Waals surface area contributed by atoms with E-state index in [1.54, 1.807) is 35.5 Å². The molecular formula is C12H16N4OS. The van der Waals surface area contributed by atoms with Crippen LogP contribution in [0.25, 0.3) is 0 Å². The van der Waals surface area contributed by atoms with Crippen LogP contribution in [0.15, 0.2) is 12.4 Å². The number of carbonyl (C=O) groups excluding carboxylic acids is 1. The predicted molar refractivity (Wildman–Crippen MR) is 70.7 cm³/mol. The van der Waals surface area contributed by atoms with Crippen molar-refractivity contribution in [3.63, 3.8) is 0 Å². The molecule has 1 amide bonds. The molecule has 2 aromatic rings. The smallest absolute Gasteiger partial charge is 0.254 e. The molecule has 0 aliphatic rings. The van der Waals surface area contributed by atoms with Crippen LogP contribution in [-0.2, 0) is 7.05 Å². The molecule has 0 aromatic carbocycles. The second-order valence-corrected chi connectivity index (χ2v) is 5.52. The molecule has 0 aliphatic heterocycles. The van der Waals surface area contributed by atoms with Gasteiger partial charge in [-0.3, -0.25) is 9.48 Å². The Labute approximate surface area is 110 Å². The van der Waals surface area contributed by atoms with E-state index in [-0.39, 0.29) is 11.9 Å². The summed E-state index contributed by atoms with van der Waals surface area (Å²) in [5, 5.41) is 7.96. The van der Waals surface area contributed by atoms with E-state index in [4.69, 9.17) is 0 Å². The molecule has 1 unspecified atom stereocenters. The van der Waals surface area contributed by atoms with Crippen LogP contribution in [0, 0.1) is 13.8 Å². The lowest BCUT2D eigenvalue weighted by Gasteiger charge is -2.11. The van der Waals surface area contributed by atoms with Crippen molar-refractivity contribution in [1.29, 1.82) is 0 Å². The minimum atomic E-state index is -0.110. The Morgan fingerprint density at radius 3 is 2.72 bits per heavy atom. The monoisotopic (exact) mass is 264 g/mol. The average molecular weight is 264 g/mol. The van der Waals surface area contributed by atoms with Crippen molar-refractivity contribution in [2.75, 3.05) is 0 Å². The number of aromatic nitrogens is 3. The minimum absolute atomic E-state index is 0.0380. The SMILES string of the molecule is Cc1nc(C)c(C(C)NC(=O)c2cnn(C)c2)s1. The standard InChI is InChI=1S/C12H16N4OS/c1-7-11(18-9(3)14-7)8(2)15-12(17)10-5-13-16(4)6-10/h5-6,8H,1-4H3,(H,15,17).